The molecule has 0 radical (unpaired) electrons. The van der Waals surface area contributed by atoms with Gasteiger partial charge in [0, 0.05) is 19.7 Å². The standard InChI is InChI=1S/C9H11NO5S/c1-7(11)10(2)8-3-5-9(6-4-8)15-16(12,13)14/h3-6H,1-2H3,(H,12,13,14). The average molecular weight is 245 g/mol. The van der Waals surface area contributed by atoms with Crippen molar-refractivity contribution in [2.45, 2.75) is 6.92 Å². The number of hydrogen-bond donors (Lipinski definition) is 1. The van der Waals surface area contributed by atoms with Crippen molar-refractivity contribution in [1.29, 1.82) is 0 Å². The van der Waals surface area contributed by atoms with Gasteiger partial charge in [0.15, 0.2) is 0 Å². The topological polar surface area (TPSA) is 83.9 Å². The number of anilines is 1. The van der Waals surface area contributed by atoms with Crippen LogP contribution in [0.1, 0.15) is 6.92 Å². The van der Waals surface area contributed by atoms with Crippen LogP contribution in [0.25, 0.3) is 0 Å². The third-order valence-electron chi connectivity index (χ3n) is 1.90. The molecule has 0 bridgehead atoms. The van der Waals surface area contributed by atoms with E-state index < -0.39 is 10.4 Å². The Morgan fingerprint density at radius 1 is 1.31 bits per heavy atom. The second-order valence-electron chi connectivity index (χ2n) is 3.08. The van der Waals surface area contributed by atoms with Gasteiger partial charge in [0.05, 0.1) is 0 Å². The zero-order chi connectivity index (χ0) is 12.3. The van der Waals surface area contributed by atoms with E-state index in [2.05, 4.69) is 4.18 Å². The first kappa shape index (κ1) is 12.5. The largest absolute Gasteiger partial charge is 0.446 e. The number of rotatable bonds is 3. The van der Waals surface area contributed by atoms with E-state index in [-0.39, 0.29) is 11.7 Å². The Hall–Kier alpha value is -1.60. The Morgan fingerprint density at radius 2 is 1.81 bits per heavy atom. The first-order valence-electron chi connectivity index (χ1n) is 4.31. The lowest BCUT2D eigenvalue weighted by Crippen LogP contribution is -2.22. The SMILES string of the molecule is CC(=O)N(C)c1ccc(OS(=O)(=O)O)cc1. The summed E-state index contributed by atoms with van der Waals surface area (Å²) in [6.07, 6.45) is 0. The number of nitrogens with zero attached hydrogens (tertiary/aromatic N) is 1. The van der Waals surface area contributed by atoms with Gasteiger partial charge in [0.25, 0.3) is 0 Å². The minimum absolute atomic E-state index is 0.0248. The molecule has 0 aromatic heterocycles. The Bertz CT molecular complexity index is 479. The molecule has 0 spiro atoms. The minimum atomic E-state index is -4.51. The highest BCUT2D eigenvalue weighted by Crippen LogP contribution is 2.19. The van der Waals surface area contributed by atoms with Gasteiger partial charge < -0.3 is 9.08 Å². The van der Waals surface area contributed by atoms with Crippen molar-refractivity contribution < 1.29 is 21.9 Å². The second-order valence-corrected chi connectivity index (χ2v) is 4.11. The van der Waals surface area contributed by atoms with E-state index in [4.69, 9.17) is 4.55 Å². The molecular weight excluding hydrogens is 234 g/mol. The molecule has 1 amide bonds. The van der Waals surface area contributed by atoms with Crippen LogP contribution < -0.4 is 9.08 Å². The van der Waals surface area contributed by atoms with Crippen molar-refractivity contribution in [3.05, 3.63) is 24.3 Å². The fourth-order valence-electron chi connectivity index (χ4n) is 1.03. The summed E-state index contributed by atoms with van der Waals surface area (Å²) in [6.45, 7) is 1.41. The molecule has 1 aromatic rings. The lowest BCUT2D eigenvalue weighted by molar-refractivity contribution is -0.116. The molecule has 0 aliphatic carbocycles. The highest BCUT2D eigenvalue weighted by Gasteiger charge is 2.08. The lowest BCUT2D eigenvalue weighted by atomic mass is 10.3. The van der Waals surface area contributed by atoms with Crippen LogP contribution in [-0.2, 0) is 15.2 Å². The predicted octanol–water partition coefficient (Wildman–Crippen LogP) is 0.851. The normalized spacial score (nSPS) is 10.9. The quantitative estimate of drug-likeness (QED) is 0.798. The smallest absolute Gasteiger partial charge is 0.362 e. The van der Waals surface area contributed by atoms with Gasteiger partial charge in [-0.2, -0.15) is 8.42 Å². The van der Waals surface area contributed by atoms with Gasteiger partial charge in [-0.1, -0.05) is 0 Å². The van der Waals surface area contributed by atoms with Crippen molar-refractivity contribution in [3.63, 3.8) is 0 Å². The molecule has 6 nitrogen and oxygen atoms in total. The first-order chi connectivity index (χ1) is 7.29. The number of carbonyl (C=O) groups excluding carboxylic acids is 1. The molecule has 0 atom stereocenters. The van der Waals surface area contributed by atoms with E-state index in [1.807, 2.05) is 0 Å². The van der Waals surface area contributed by atoms with Gasteiger partial charge in [-0.05, 0) is 24.3 Å². The monoisotopic (exact) mass is 245 g/mol. The molecule has 0 aliphatic heterocycles. The first-order valence-corrected chi connectivity index (χ1v) is 5.67. The van der Waals surface area contributed by atoms with E-state index >= 15 is 0 Å². The molecule has 0 fully saturated rings. The van der Waals surface area contributed by atoms with Crippen LogP contribution in [0.2, 0.25) is 0 Å². The highest BCUT2D eigenvalue weighted by atomic mass is 32.3. The summed E-state index contributed by atoms with van der Waals surface area (Å²) in [7, 11) is -2.92. The Kier molecular flexibility index (Phi) is 3.51. The van der Waals surface area contributed by atoms with E-state index in [0.29, 0.717) is 5.69 Å². The van der Waals surface area contributed by atoms with Crippen molar-refractivity contribution in [1.82, 2.24) is 0 Å². The fourth-order valence-corrected chi connectivity index (χ4v) is 1.38. The maximum Gasteiger partial charge on any atom is 0.446 e. The molecule has 0 saturated carbocycles. The van der Waals surface area contributed by atoms with Crippen LogP contribution in [0, 0.1) is 0 Å². The van der Waals surface area contributed by atoms with E-state index in [1.165, 1.54) is 36.1 Å². The maximum atomic E-state index is 11.0. The van der Waals surface area contributed by atoms with Crippen LogP contribution in [-0.4, -0.2) is 25.9 Å². The van der Waals surface area contributed by atoms with Crippen molar-refractivity contribution in [2.24, 2.45) is 0 Å². The maximum absolute atomic E-state index is 11.0. The summed E-state index contributed by atoms with van der Waals surface area (Å²) in [5, 5.41) is 0. The molecule has 1 N–H and O–H groups in total. The Balaban J connectivity index is 2.87. The lowest BCUT2D eigenvalue weighted by Gasteiger charge is -2.14. The summed E-state index contributed by atoms with van der Waals surface area (Å²) < 4.78 is 33.4. The molecule has 7 heteroatoms. The van der Waals surface area contributed by atoms with Crippen LogP contribution in [0.4, 0.5) is 5.69 Å². The van der Waals surface area contributed by atoms with E-state index in [9.17, 15) is 13.2 Å². The van der Waals surface area contributed by atoms with Crippen LogP contribution in [0.3, 0.4) is 0 Å². The summed E-state index contributed by atoms with van der Waals surface area (Å²) in [6, 6.07) is 5.68. The molecule has 16 heavy (non-hydrogen) atoms. The van der Waals surface area contributed by atoms with Crippen molar-refractivity contribution >= 4 is 22.0 Å². The highest BCUT2D eigenvalue weighted by molar-refractivity contribution is 7.81. The summed E-state index contributed by atoms with van der Waals surface area (Å²) >= 11 is 0. The number of amides is 1. The van der Waals surface area contributed by atoms with Crippen molar-refractivity contribution in [2.75, 3.05) is 11.9 Å². The van der Waals surface area contributed by atoms with Gasteiger partial charge in [0.2, 0.25) is 5.91 Å². The zero-order valence-corrected chi connectivity index (χ0v) is 9.56. The number of carbonyl (C=O) groups is 1. The van der Waals surface area contributed by atoms with Gasteiger partial charge in [-0.3, -0.25) is 9.35 Å². The summed E-state index contributed by atoms with van der Waals surface area (Å²) in [5.41, 5.74) is 0.593. The third kappa shape index (κ3) is 3.52. The molecule has 0 aliphatic rings. The molecule has 88 valence electrons. The van der Waals surface area contributed by atoms with Gasteiger partial charge >= 0.3 is 10.4 Å². The average Bonchev–Trinajstić information content (AvgIpc) is 2.15. The predicted molar refractivity (Wildman–Crippen MR) is 57.7 cm³/mol. The van der Waals surface area contributed by atoms with Crippen LogP contribution in [0.5, 0.6) is 5.75 Å². The molecule has 1 rings (SSSR count). The Morgan fingerprint density at radius 3 is 2.19 bits per heavy atom. The zero-order valence-electron chi connectivity index (χ0n) is 8.75. The molecule has 0 unspecified atom stereocenters. The minimum Gasteiger partial charge on any atom is -0.362 e. The number of hydrogen-bond acceptors (Lipinski definition) is 4. The van der Waals surface area contributed by atoms with Crippen LogP contribution in [0.15, 0.2) is 24.3 Å². The van der Waals surface area contributed by atoms with Gasteiger partial charge in [0.1, 0.15) is 5.75 Å². The summed E-state index contributed by atoms with van der Waals surface area (Å²) in [5.74, 6) is -0.174. The van der Waals surface area contributed by atoms with Crippen LogP contribution >= 0.6 is 0 Å². The summed E-state index contributed by atoms with van der Waals surface area (Å²) in [4.78, 5) is 12.4. The Labute approximate surface area is 93.4 Å². The van der Waals surface area contributed by atoms with E-state index in [0.717, 1.165) is 0 Å². The third-order valence-corrected chi connectivity index (χ3v) is 2.30. The molecule has 1 aromatic carbocycles. The van der Waals surface area contributed by atoms with Gasteiger partial charge in [-0.15, -0.1) is 0 Å². The van der Waals surface area contributed by atoms with Gasteiger partial charge in [-0.25, -0.2) is 0 Å². The molecule has 0 saturated heterocycles. The molecule has 0 heterocycles. The fraction of sp³-hybridized carbons (Fsp3) is 0.222. The second kappa shape index (κ2) is 4.50. The molecular formula is C9H11NO5S. The van der Waals surface area contributed by atoms with E-state index in [1.54, 1.807) is 7.05 Å². The van der Waals surface area contributed by atoms with Crippen molar-refractivity contribution in [3.8, 4) is 5.75 Å². The number of benzene rings is 1.